The Hall–Kier alpha value is -2.10. The molecular weight excluding hydrogens is 256 g/mol. The molecule has 0 radical (unpaired) electrons. The van der Waals surface area contributed by atoms with Gasteiger partial charge in [-0.1, -0.05) is 30.3 Å². The van der Waals surface area contributed by atoms with Crippen molar-refractivity contribution in [2.75, 3.05) is 0 Å². The molecule has 0 atom stereocenters. The van der Waals surface area contributed by atoms with Gasteiger partial charge in [-0.3, -0.25) is 0 Å². The van der Waals surface area contributed by atoms with Gasteiger partial charge in [-0.15, -0.1) is 0 Å². The van der Waals surface area contributed by atoms with Gasteiger partial charge in [0.2, 0.25) is 0 Å². The fourth-order valence-electron chi connectivity index (χ4n) is 2.33. The lowest BCUT2D eigenvalue weighted by atomic mass is 9.98. The first-order valence-electron chi connectivity index (χ1n) is 5.71. The lowest BCUT2D eigenvalue weighted by Crippen LogP contribution is -2.02. The fourth-order valence-corrected chi connectivity index (χ4v) is 2.33. The van der Waals surface area contributed by atoms with Crippen molar-refractivity contribution in [3.63, 3.8) is 0 Å². The Balaban J connectivity index is 2.23. The molecule has 0 bridgehead atoms. The van der Waals surface area contributed by atoms with E-state index in [1.165, 1.54) is 0 Å². The summed E-state index contributed by atoms with van der Waals surface area (Å²) in [4.78, 5) is 0. The number of hydrogen-bond acceptors (Lipinski definition) is 0. The first-order valence-corrected chi connectivity index (χ1v) is 5.71. The van der Waals surface area contributed by atoms with E-state index in [-0.39, 0.29) is 5.57 Å². The second-order valence-electron chi connectivity index (χ2n) is 4.32. The topological polar surface area (TPSA) is 0 Å². The van der Waals surface area contributed by atoms with Gasteiger partial charge in [-0.05, 0) is 23.1 Å². The van der Waals surface area contributed by atoms with E-state index < -0.39 is 28.8 Å². The van der Waals surface area contributed by atoms with E-state index in [1.807, 2.05) is 12.1 Å². The molecule has 19 heavy (non-hydrogen) atoms. The second-order valence-corrected chi connectivity index (χ2v) is 4.32. The molecule has 4 heteroatoms. The monoisotopic (exact) mass is 264 g/mol. The van der Waals surface area contributed by atoms with Gasteiger partial charge in [-0.2, -0.15) is 0 Å². The minimum absolute atomic E-state index is 0.268. The summed E-state index contributed by atoms with van der Waals surface area (Å²) < 4.78 is 53.7. The van der Waals surface area contributed by atoms with Crippen LogP contribution in [0, 0.1) is 23.3 Å². The molecule has 2 aromatic carbocycles. The maximum absolute atomic E-state index is 13.8. The highest BCUT2D eigenvalue weighted by Crippen LogP contribution is 2.36. The van der Waals surface area contributed by atoms with Crippen molar-refractivity contribution in [2.45, 2.75) is 6.42 Å². The van der Waals surface area contributed by atoms with Gasteiger partial charge in [0, 0.05) is 6.07 Å². The standard InChI is InChI=1S/C15H8F4/c16-11-7-12(17)14(18)15(19)13(11)10-6-5-8-3-1-2-4-9(8)10/h1-4,6-7H,5H2. The third-order valence-electron chi connectivity index (χ3n) is 3.22. The predicted octanol–water partition coefficient (Wildman–Crippen LogP) is 4.23. The van der Waals surface area contributed by atoms with Gasteiger partial charge in [0.25, 0.3) is 0 Å². The predicted molar refractivity (Wildman–Crippen MR) is 63.5 cm³/mol. The summed E-state index contributed by atoms with van der Waals surface area (Å²) in [6.45, 7) is 0. The van der Waals surface area contributed by atoms with Crippen LogP contribution in [0.1, 0.15) is 16.7 Å². The quantitative estimate of drug-likeness (QED) is 0.411. The van der Waals surface area contributed by atoms with Crippen LogP contribution in [0.4, 0.5) is 17.6 Å². The van der Waals surface area contributed by atoms with Crippen LogP contribution in [0.3, 0.4) is 0 Å². The summed E-state index contributed by atoms with van der Waals surface area (Å²) in [5.41, 5.74) is 1.31. The zero-order chi connectivity index (χ0) is 13.6. The minimum atomic E-state index is -1.65. The van der Waals surface area contributed by atoms with Crippen LogP contribution in [0.15, 0.2) is 36.4 Å². The molecule has 0 N–H and O–H groups in total. The minimum Gasteiger partial charge on any atom is -0.206 e. The van der Waals surface area contributed by atoms with Crippen LogP contribution in [0.25, 0.3) is 5.57 Å². The number of fused-ring (bicyclic) bond motifs is 1. The number of hydrogen-bond donors (Lipinski definition) is 0. The molecule has 0 saturated heterocycles. The molecule has 0 heterocycles. The van der Waals surface area contributed by atoms with Crippen molar-refractivity contribution in [3.05, 3.63) is 76.4 Å². The maximum Gasteiger partial charge on any atom is 0.195 e. The van der Waals surface area contributed by atoms with Crippen LogP contribution in [-0.4, -0.2) is 0 Å². The molecule has 96 valence electrons. The summed E-state index contributed by atoms with van der Waals surface area (Å²) in [6.07, 6.45) is 2.13. The molecule has 0 nitrogen and oxygen atoms in total. The summed E-state index contributed by atoms with van der Waals surface area (Å²) >= 11 is 0. The highest BCUT2D eigenvalue weighted by molar-refractivity contribution is 5.85. The largest absolute Gasteiger partial charge is 0.206 e. The maximum atomic E-state index is 13.8. The van der Waals surface area contributed by atoms with Crippen molar-refractivity contribution in [2.24, 2.45) is 0 Å². The first-order chi connectivity index (χ1) is 9.09. The van der Waals surface area contributed by atoms with Crippen LogP contribution in [-0.2, 0) is 6.42 Å². The van der Waals surface area contributed by atoms with Gasteiger partial charge in [0.15, 0.2) is 17.5 Å². The Bertz CT molecular complexity index is 702. The summed E-state index contributed by atoms with van der Waals surface area (Å²) in [5.74, 6) is -5.76. The number of benzene rings is 2. The number of halogens is 4. The van der Waals surface area contributed by atoms with Gasteiger partial charge in [0.05, 0.1) is 5.56 Å². The Kier molecular flexibility index (Phi) is 2.66. The van der Waals surface area contributed by atoms with Crippen molar-refractivity contribution < 1.29 is 17.6 Å². The molecule has 2 aromatic rings. The first kappa shape index (κ1) is 12.0. The number of allylic oxidation sites excluding steroid dienone is 1. The van der Waals surface area contributed by atoms with E-state index >= 15 is 0 Å². The Morgan fingerprint density at radius 1 is 0.842 bits per heavy atom. The van der Waals surface area contributed by atoms with E-state index in [1.54, 1.807) is 18.2 Å². The third kappa shape index (κ3) is 1.75. The average molecular weight is 264 g/mol. The highest BCUT2D eigenvalue weighted by Gasteiger charge is 2.25. The van der Waals surface area contributed by atoms with Crippen LogP contribution in [0.5, 0.6) is 0 Å². The van der Waals surface area contributed by atoms with Gasteiger partial charge in [0.1, 0.15) is 5.82 Å². The normalized spacial score (nSPS) is 13.4. The lowest BCUT2D eigenvalue weighted by Gasteiger charge is -2.09. The van der Waals surface area contributed by atoms with Crippen LogP contribution >= 0.6 is 0 Å². The zero-order valence-corrected chi connectivity index (χ0v) is 9.68. The SMILES string of the molecule is Fc1cc(F)c(C2=CCc3ccccc32)c(F)c1F. The Labute approximate surface area is 107 Å². The highest BCUT2D eigenvalue weighted by atomic mass is 19.2. The molecule has 0 fully saturated rings. The van der Waals surface area contributed by atoms with Gasteiger partial charge >= 0.3 is 0 Å². The zero-order valence-electron chi connectivity index (χ0n) is 9.68. The number of rotatable bonds is 1. The van der Waals surface area contributed by atoms with Gasteiger partial charge < -0.3 is 0 Å². The molecule has 0 amide bonds. The molecule has 0 aliphatic heterocycles. The summed E-state index contributed by atoms with van der Waals surface area (Å²) in [7, 11) is 0. The molecule has 1 aliphatic rings. The summed E-state index contributed by atoms with van der Waals surface area (Å²) in [5, 5.41) is 0. The van der Waals surface area contributed by atoms with Crippen molar-refractivity contribution in [1.29, 1.82) is 0 Å². The van der Waals surface area contributed by atoms with E-state index in [0.717, 1.165) is 5.56 Å². The molecule has 0 spiro atoms. The average Bonchev–Trinajstić information content (AvgIpc) is 2.81. The van der Waals surface area contributed by atoms with E-state index in [4.69, 9.17) is 0 Å². The molecular formula is C15H8F4. The summed E-state index contributed by atoms with van der Waals surface area (Å²) in [6, 6.07) is 7.44. The molecule has 0 saturated carbocycles. The molecule has 3 rings (SSSR count). The lowest BCUT2D eigenvalue weighted by molar-refractivity contribution is 0.432. The van der Waals surface area contributed by atoms with E-state index in [0.29, 0.717) is 18.1 Å². The van der Waals surface area contributed by atoms with Crippen molar-refractivity contribution >= 4 is 5.57 Å². The Morgan fingerprint density at radius 3 is 2.37 bits per heavy atom. The Morgan fingerprint density at radius 2 is 1.58 bits per heavy atom. The van der Waals surface area contributed by atoms with Gasteiger partial charge in [-0.25, -0.2) is 17.6 Å². The van der Waals surface area contributed by atoms with Crippen LogP contribution < -0.4 is 0 Å². The van der Waals surface area contributed by atoms with Crippen molar-refractivity contribution in [3.8, 4) is 0 Å². The third-order valence-corrected chi connectivity index (χ3v) is 3.22. The van der Waals surface area contributed by atoms with Crippen molar-refractivity contribution in [1.82, 2.24) is 0 Å². The smallest absolute Gasteiger partial charge is 0.195 e. The second kappa shape index (κ2) is 4.23. The fraction of sp³-hybridized carbons (Fsp3) is 0.0667. The van der Waals surface area contributed by atoms with Crippen LogP contribution in [0.2, 0.25) is 0 Å². The molecule has 1 aliphatic carbocycles. The van der Waals surface area contributed by atoms with E-state index in [2.05, 4.69) is 0 Å². The molecule has 0 unspecified atom stereocenters. The van der Waals surface area contributed by atoms with E-state index in [9.17, 15) is 17.6 Å². The molecule has 0 aromatic heterocycles.